The molecule has 5 aliphatic rings. The number of benzene rings is 4. The molecule has 4 atom stereocenters. The molecular weight excluding hydrogens is 971 g/mol. The van der Waals surface area contributed by atoms with Gasteiger partial charge in [0.15, 0.2) is 23.0 Å². The van der Waals surface area contributed by atoms with Crippen molar-refractivity contribution in [3.05, 3.63) is 107 Å². The lowest BCUT2D eigenvalue weighted by atomic mass is 10.0. The summed E-state index contributed by atoms with van der Waals surface area (Å²) in [6, 6.07) is 20.7. The van der Waals surface area contributed by atoms with Gasteiger partial charge in [-0.05, 0) is 104 Å². The quantitative estimate of drug-likeness (QED) is 0.0577. The second-order valence-corrected chi connectivity index (χ2v) is 20.2. The molecule has 5 aliphatic heterocycles. The third-order valence-electron chi connectivity index (χ3n) is 14.6. The number of fused-ring (bicyclic) bond motifs is 4. The summed E-state index contributed by atoms with van der Waals surface area (Å²) in [6.45, 7) is 10.5. The SMILES string of the molecule is COc1cc2c(cc1OCCCCCOc1cc3c(cc1OC)C(=O)N1C=C(c4ccc(N5CCN(C)CC5)cc4)C[C@H]1CN3)N=C[C@@H]1CC(c3ccc(NC(=O)[C@H](C)NC(=O)[C@@H](NC(=O)O)C(C)C)cc3)=CN1C2=O. The standard InChI is InChI=1S/C57H67N9O10/c1-34(2)52(62-57(71)72)54(68)60-35(3)53(67)61-40-14-10-36(11-15-40)38-24-42-30-58-46-28-50(48(73-5)26-44(46)55(69)65(42)32-38)75-22-8-7-9-23-76-51-29-47-45(27-49(51)74-6)56(70)66-33-39(25-43(66)31-59-47)37-12-16-41(17-13-37)64-20-18-63(4)19-21-64/h10-17,26-30,32-35,42-43,52,59,62H,7-9,18-25,31H2,1-6H3,(H,60,68)(H,61,67)(H,71,72)/t35-,42-,43-,52-/m0/s1. The third-order valence-corrected chi connectivity index (χ3v) is 14.6. The lowest BCUT2D eigenvalue weighted by molar-refractivity contribution is -0.128. The Morgan fingerprint density at radius 2 is 1.33 bits per heavy atom. The summed E-state index contributed by atoms with van der Waals surface area (Å²) in [6.07, 6.45) is 7.84. The van der Waals surface area contributed by atoms with Crippen molar-refractivity contribution in [3.8, 4) is 23.0 Å². The molecule has 0 bridgehead atoms. The smallest absolute Gasteiger partial charge is 0.405 e. The highest BCUT2D eigenvalue weighted by Crippen LogP contribution is 2.42. The molecular formula is C57H67N9O10. The van der Waals surface area contributed by atoms with Crippen LogP contribution in [-0.4, -0.2) is 147 Å². The average Bonchev–Trinajstić information content (AvgIpc) is 4.03. The van der Waals surface area contributed by atoms with Crippen molar-refractivity contribution >= 4 is 69.8 Å². The molecule has 0 spiro atoms. The van der Waals surface area contributed by atoms with Gasteiger partial charge in [0, 0.05) is 81.3 Å². The Kier molecular flexibility index (Phi) is 16.1. The van der Waals surface area contributed by atoms with Crippen LogP contribution < -0.4 is 45.1 Å². The van der Waals surface area contributed by atoms with E-state index in [1.807, 2.05) is 35.5 Å². The van der Waals surface area contributed by atoms with Gasteiger partial charge in [-0.2, -0.15) is 0 Å². The van der Waals surface area contributed by atoms with Crippen molar-refractivity contribution < 1.29 is 48.0 Å². The predicted molar refractivity (Wildman–Crippen MR) is 291 cm³/mol. The Labute approximate surface area is 442 Å². The first kappa shape index (κ1) is 52.8. The maximum Gasteiger partial charge on any atom is 0.405 e. The molecule has 19 heteroatoms. The van der Waals surface area contributed by atoms with Gasteiger partial charge in [-0.3, -0.25) is 24.2 Å². The van der Waals surface area contributed by atoms with Crippen LogP contribution in [0.5, 0.6) is 23.0 Å². The van der Waals surface area contributed by atoms with Gasteiger partial charge in [-0.1, -0.05) is 38.1 Å². The van der Waals surface area contributed by atoms with Crippen molar-refractivity contribution in [3.63, 3.8) is 0 Å². The number of amides is 5. The number of ether oxygens (including phenoxy) is 4. The van der Waals surface area contributed by atoms with Gasteiger partial charge in [-0.15, -0.1) is 0 Å². The van der Waals surface area contributed by atoms with E-state index < -0.39 is 30.0 Å². The van der Waals surface area contributed by atoms with Crippen molar-refractivity contribution in [1.29, 1.82) is 0 Å². The van der Waals surface area contributed by atoms with Crippen LogP contribution in [0.15, 0.2) is 90.2 Å². The van der Waals surface area contributed by atoms with E-state index in [1.54, 1.807) is 62.4 Å². The Balaban J connectivity index is 0.740. The number of piperazine rings is 1. The molecule has 0 aromatic heterocycles. The van der Waals surface area contributed by atoms with Crippen LogP contribution >= 0.6 is 0 Å². The van der Waals surface area contributed by atoms with Crippen molar-refractivity contribution in [2.75, 3.05) is 82.7 Å². The first-order chi connectivity index (χ1) is 36.7. The predicted octanol–water partition coefficient (Wildman–Crippen LogP) is 7.47. The minimum Gasteiger partial charge on any atom is -0.493 e. The van der Waals surface area contributed by atoms with Gasteiger partial charge in [-0.25, -0.2) is 4.79 Å². The van der Waals surface area contributed by atoms with E-state index in [1.165, 1.54) is 19.7 Å². The molecule has 76 heavy (non-hydrogen) atoms. The molecule has 4 aromatic rings. The summed E-state index contributed by atoms with van der Waals surface area (Å²) < 4.78 is 23.9. The molecule has 0 aliphatic carbocycles. The first-order valence-electron chi connectivity index (χ1n) is 26.0. The summed E-state index contributed by atoms with van der Waals surface area (Å²) in [5.74, 6) is 0.277. The van der Waals surface area contributed by atoms with Crippen LogP contribution in [0.1, 0.15) is 84.7 Å². The summed E-state index contributed by atoms with van der Waals surface area (Å²) in [5.41, 5.74) is 7.91. The average molecular weight is 1040 g/mol. The fraction of sp³-hybridized carbons (Fsp3) is 0.404. The van der Waals surface area contributed by atoms with Gasteiger partial charge in [0.25, 0.3) is 11.8 Å². The van der Waals surface area contributed by atoms with Crippen molar-refractivity contribution in [2.45, 2.75) is 77.0 Å². The lowest BCUT2D eigenvalue weighted by Crippen LogP contribution is -2.53. The number of rotatable bonds is 19. The number of unbranched alkanes of at least 4 members (excludes halogenated alkanes) is 2. The molecule has 0 unspecified atom stereocenters. The highest BCUT2D eigenvalue weighted by Gasteiger charge is 2.36. The summed E-state index contributed by atoms with van der Waals surface area (Å²) in [7, 11) is 5.27. The topological polar surface area (TPSA) is 216 Å². The van der Waals surface area contributed by atoms with Gasteiger partial charge >= 0.3 is 6.09 Å². The molecule has 400 valence electrons. The van der Waals surface area contributed by atoms with E-state index >= 15 is 0 Å². The minimum atomic E-state index is -1.33. The van der Waals surface area contributed by atoms with Crippen LogP contribution in [0.3, 0.4) is 0 Å². The minimum absolute atomic E-state index is 0.0154. The van der Waals surface area contributed by atoms with Crippen LogP contribution in [-0.2, 0) is 9.59 Å². The van der Waals surface area contributed by atoms with E-state index in [2.05, 4.69) is 62.4 Å². The van der Waals surface area contributed by atoms with Crippen LogP contribution in [0, 0.1) is 5.92 Å². The highest BCUT2D eigenvalue weighted by molar-refractivity contribution is 6.06. The van der Waals surface area contributed by atoms with Crippen LogP contribution in [0.4, 0.5) is 27.5 Å². The first-order valence-corrected chi connectivity index (χ1v) is 26.0. The number of carbonyl (C=O) groups excluding carboxylic acids is 4. The van der Waals surface area contributed by atoms with Crippen molar-refractivity contribution in [1.82, 2.24) is 25.3 Å². The largest absolute Gasteiger partial charge is 0.493 e. The second kappa shape index (κ2) is 23.2. The van der Waals surface area contributed by atoms with Gasteiger partial charge < -0.3 is 64.9 Å². The van der Waals surface area contributed by atoms with Gasteiger partial charge in [0.1, 0.15) is 12.1 Å². The Morgan fingerprint density at radius 3 is 1.97 bits per heavy atom. The molecule has 5 N–H and O–H groups in total. The summed E-state index contributed by atoms with van der Waals surface area (Å²) in [4.78, 5) is 77.8. The lowest BCUT2D eigenvalue weighted by Gasteiger charge is -2.34. The molecule has 0 radical (unpaired) electrons. The fourth-order valence-corrected chi connectivity index (χ4v) is 10.1. The van der Waals surface area contributed by atoms with Crippen LogP contribution in [0.2, 0.25) is 0 Å². The number of aliphatic imine (C=N–C) groups is 1. The maximum absolute atomic E-state index is 14.0. The number of anilines is 3. The summed E-state index contributed by atoms with van der Waals surface area (Å²) in [5, 5.41) is 20.2. The number of nitrogens with one attached hydrogen (secondary N) is 4. The molecule has 5 amide bonds. The number of nitrogens with zero attached hydrogens (tertiary/aromatic N) is 5. The van der Waals surface area contributed by atoms with Crippen LogP contribution in [0.25, 0.3) is 11.1 Å². The number of hydrogen-bond acceptors (Lipinski definition) is 13. The van der Waals surface area contributed by atoms with E-state index in [0.29, 0.717) is 71.7 Å². The highest BCUT2D eigenvalue weighted by atomic mass is 16.5. The van der Waals surface area contributed by atoms with Gasteiger partial charge in [0.05, 0.1) is 62.0 Å². The van der Waals surface area contributed by atoms with Gasteiger partial charge in [0.2, 0.25) is 11.8 Å². The van der Waals surface area contributed by atoms with E-state index in [-0.39, 0.29) is 29.8 Å². The Morgan fingerprint density at radius 1 is 0.724 bits per heavy atom. The zero-order chi connectivity index (χ0) is 53.6. The van der Waals surface area contributed by atoms with E-state index in [4.69, 9.17) is 29.0 Å². The molecule has 0 saturated carbocycles. The number of hydrogen-bond donors (Lipinski definition) is 5. The number of carboxylic acid groups (broad SMARTS) is 1. The molecule has 19 nitrogen and oxygen atoms in total. The van der Waals surface area contributed by atoms with E-state index in [9.17, 15) is 24.0 Å². The Hall–Kier alpha value is -8.06. The molecule has 4 aromatic carbocycles. The number of methoxy groups -OCH3 is 2. The fourth-order valence-electron chi connectivity index (χ4n) is 10.1. The molecule has 1 fully saturated rings. The normalized spacial score (nSPS) is 18.6. The third kappa shape index (κ3) is 11.7. The van der Waals surface area contributed by atoms with E-state index in [0.717, 1.165) is 79.8 Å². The zero-order valence-electron chi connectivity index (χ0n) is 43.9. The monoisotopic (exact) mass is 1040 g/mol. The molecule has 9 rings (SSSR count). The zero-order valence-corrected chi connectivity index (χ0v) is 43.9. The Bertz CT molecular complexity index is 2930. The number of carbonyl (C=O) groups is 5. The summed E-state index contributed by atoms with van der Waals surface area (Å²) >= 11 is 0. The molecule has 5 heterocycles. The second-order valence-electron chi connectivity index (χ2n) is 20.2. The van der Waals surface area contributed by atoms with Crippen molar-refractivity contribution in [2.24, 2.45) is 10.9 Å². The molecule has 1 saturated heterocycles. The maximum atomic E-state index is 14.0. The number of likely N-dealkylation sites (N-methyl/N-ethyl adjacent to an activating group) is 1.